The molecule has 3 N–H and O–H groups in total. The molecule has 21 heavy (non-hydrogen) atoms. The normalized spacial score (nSPS) is 15.6. The highest BCUT2D eigenvalue weighted by Crippen LogP contribution is 2.40. The van der Waals surface area contributed by atoms with Crippen LogP contribution in [0.15, 0.2) is 30.3 Å². The molecule has 1 saturated carbocycles. The van der Waals surface area contributed by atoms with Gasteiger partial charge in [0.25, 0.3) is 5.91 Å². The van der Waals surface area contributed by atoms with Crippen LogP contribution in [0.3, 0.4) is 0 Å². The first-order valence-electron chi connectivity index (χ1n) is 6.87. The molecule has 1 aromatic carbocycles. The number of carbonyl (C=O) groups excluding carboxylic acids is 2. The number of carbonyl (C=O) groups is 3. The Morgan fingerprint density at radius 1 is 1.10 bits per heavy atom. The van der Waals surface area contributed by atoms with Gasteiger partial charge in [-0.2, -0.15) is 0 Å². The van der Waals surface area contributed by atoms with Crippen molar-refractivity contribution in [2.75, 3.05) is 13.1 Å². The van der Waals surface area contributed by atoms with Gasteiger partial charge >= 0.3 is 5.97 Å². The van der Waals surface area contributed by atoms with Crippen LogP contribution < -0.4 is 10.6 Å². The minimum atomic E-state index is -0.873. The number of carboxylic acid groups (broad SMARTS) is 1. The number of rotatable bonds is 6. The molecule has 0 unspecified atom stereocenters. The molecule has 1 aliphatic rings. The maximum absolute atomic E-state index is 11.7. The maximum Gasteiger partial charge on any atom is 0.311 e. The second kappa shape index (κ2) is 6.39. The number of amides is 2. The molecule has 0 spiro atoms. The molecule has 0 aromatic heterocycles. The van der Waals surface area contributed by atoms with Crippen molar-refractivity contribution in [2.24, 2.45) is 5.41 Å². The van der Waals surface area contributed by atoms with Crippen LogP contribution in [0.2, 0.25) is 0 Å². The van der Waals surface area contributed by atoms with Gasteiger partial charge < -0.3 is 15.7 Å². The highest BCUT2D eigenvalue weighted by Gasteiger charge is 2.44. The molecular formula is C15H18N2O4. The van der Waals surface area contributed by atoms with Gasteiger partial charge in [-0.25, -0.2) is 0 Å². The van der Waals surface area contributed by atoms with Crippen molar-refractivity contribution in [1.29, 1.82) is 0 Å². The summed E-state index contributed by atoms with van der Waals surface area (Å²) in [6.45, 7) is -0.0498. The first kappa shape index (κ1) is 15.0. The van der Waals surface area contributed by atoms with E-state index in [0.717, 1.165) is 6.42 Å². The quantitative estimate of drug-likeness (QED) is 0.721. The monoisotopic (exact) mass is 290 g/mol. The SMILES string of the molecule is O=C(CNC(=O)c1ccccc1)NCC1(C(=O)O)CCC1. The molecule has 0 atom stereocenters. The Kier molecular flexibility index (Phi) is 4.57. The van der Waals surface area contributed by atoms with Gasteiger partial charge in [-0.15, -0.1) is 0 Å². The molecule has 6 nitrogen and oxygen atoms in total. The smallest absolute Gasteiger partial charge is 0.311 e. The third-order valence-corrected chi connectivity index (χ3v) is 3.83. The molecule has 2 amide bonds. The minimum absolute atomic E-state index is 0.113. The summed E-state index contributed by atoms with van der Waals surface area (Å²) in [6.07, 6.45) is 2.03. The Bertz CT molecular complexity index is 538. The summed E-state index contributed by atoms with van der Waals surface area (Å²) in [6, 6.07) is 8.58. The summed E-state index contributed by atoms with van der Waals surface area (Å²) >= 11 is 0. The van der Waals surface area contributed by atoms with Crippen LogP contribution in [-0.4, -0.2) is 36.0 Å². The van der Waals surface area contributed by atoms with E-state index in [-0.39, 0.29) is 24.9 Å². The molecule has 0 saturated heterocycles. The average Bonchev–Trinajstić information content (AvgIpc) is 2.44. The van der Waals surface area contributed by atoms with Crippen molar-refractivity contribution in [3.63, 3.8) is 0 Å². The lowest BCUT2D eigenvalue weighted by molar-refractivity contribution is -0.154. The fraction of sp³-hybridized carbons (Fsp3) is 0.400. The Labute approximate surface area is 122 Å². The van der Waals surface area contributed by atoms with Gasteiger partial charge in [0, 0.05) is 12.1 Å². The molecule has 0 aliphatic heterocycles. The standard InChI is InChI=1S/C15H18N2O4/c18-12(17-10-15(14(20)21)7-4-8-15)9-16-13(19)11-5-2-1-3-6-11/h1-3,5-6H,4,7-10H2,(H,16,19)(H,17,18)(H,20,21). The number of benzene rings is 1. The van der Waals surface area contributed by atoms with Crippen LogP contribution in [0.4, 0.5) is 0 Å². The summed E-state index contributed by atoms with van der Waals surface area (Å²) in [7, 11) is 0. The van der Waals surface area contributed by atoms with Crippen molar-refractivity contribution in [3.8, 4) is 0 Å². The van der Waals surface area contributed by atoms with Gasteiger partial charge in [-0.1, -0.05) is 24.6 Å². The lowest BCUT2D eigenvalue weighted by atomic mass is 9.69. The third-order valence-electron chi connectivity index (χ3n) is 3.83. The van der Waals surface area contributed by atoms with E-state index in [1.165, 1.54) is 0 Å². The van der Waals surface area contributed by atoms with E-state index in [0.29, 0.717) is 18.4 Å². The second-order valence-corrected chi connectivity index (χ2v) is 5.26. The molecule has 112 valence electrons. The van der Waals surface area contributed by atoms with E-state index < -0.39 is 11.4 Å². The van der Waals surface area contributed by atoms with Crippen LogP contribution in [0.5, 0.6) is 0 Å². The number of carboxylic acids is 1. The third kappa shape index (κ3) is 3.59. The Balaban J connectivity index is 1.75. The lowest BCUT2D eigenvalue weighted by Gasteiger charge is -2.37. The van der Waals surface area contributed by atoms with Crippen molar-refractivity contribution in [1.82, 2.24) is 10.6 Å². The van der Waals surface area contributed by atoms with Crippen LogP contribution in [0.25, 0.3) is 0 Å². The fourth-order valence-electron chi connectivity index (χ4n) is 2.25. The topological polar surface area (TPSA) is 95.5 Å². The zero-order valence-electron chi connectivity index (χ0n) is 11.6. The number of hydrogen-bond donors (Lipinski definition) is 3. The maximum atomic E-state index is 11.7. The molecule has 1 fully saturated rings. The summed E-state index contributed by atoms with van der Waals surface area (Å²) in [5, 5.41) is 14.2. The van der Waals surface area contributed by atoms with Crippen LogP contribution in [0, 0.1) is 5.41 Å². The molecule has 1 aliphatic carbocycles. The van der Waals surface area contributed by atoms with E-state index in [9.17, 15) is 14.4 Å². The van der Waals surface area contributed by atoms with E-state index in [1.807, 2.05) is 0 Å². The van der Waals surface area contributed by atoms with Gasteiger partial charge in [0.15, 0.2) is 0 Å². The Morgan fingerprint density at radius 3 is 2.29 bits per heavy atom. The summed E-state index contributed by atoms with van der Waals surface area (Å²) in [5.74, 6) is -1.59. The van der Waals surface area contributed by atoms with Gasteiger partial charge in [-0.3, -0.25) is 14.4 Å². The van der Waals surface area contributed by atoms with E-state index in [1.54, 1.807) is 30.3 Å². The van der Waals surface area contributed by atoms with Crippen molar-refractivity contribution >= 4 is 17.8 Å². The average molecular weight is 290 g/mol. The number of hydrogen-bond acceptors (Lipinski definition) is 3. The van der Waals surface area contributed by atoms with Gasteiger partial charge in [0.05, 0.1) is 12.0 Å². The van der Waals surface area contributed by atoms with Crippen LogP contribution in [0.1, 0.15) is 29.6 Å². The lowest BCUT2D eigenvalue weighted by Crippen LogP contribution is -2.49. The first-order chi connectivity index (χ1) is 10.0. The highest BCUT2D eigenvalue weighted by molar-refractivity contribution is 5.96. The van der Waals surface area contributed by atoms with Crippen molar-refractivity contribution in [2.45, 2.75) is 19.3 Å². The molecular weight excluding hydrogens is 272 g/mol. The highest BCUT2D eigenvalue weighted by atomic mass is 16.4. The Hall–Kier alpha value is -2.37. The summed E-state index contributed by atoms with van der Waals surface area (Å²) in [5.41, 5.74) is -0.342. The van der Waals surface area contributed by atoms with Crippen molar-refractivity contribution < 1.29 is 19.5 Å². The molecule has 0 heterocycles. The zero-order valence-corrected chi connectivity index (χ0v) is 11.6. The minimum Gasteiger partial charge on any atom is -0.481 e. The largest absolute Gasteiger partial charge is 0.481 e. The summed E-state index contributed by atoms with van der Waals surface area (Å²) < 4.78 is 0. The second-order valence-electron chi connectivity index (χ2n) is 5.26. The number of aliphatic carboxylic acids is 1. The van der Waals surface area contributed by atoms with Crippen LogP contribution >= 0.6 is 0 Å². The fourth-order valence-corrected chi connectivity index (χ4v) is 2.25. The van der Waals surface area contributed by atoms with E-state index >= 15 is 0 Å². The molecule has 0 radical (unpaired) electrons. The van der Waals surface area contributed by atoms with Crippen LogP contribution in [-0.2, 0) is 9.59 Å². The summed E-state index contributed by atoms with van der Waals surface area (Å²) in [4.78, 5) is 34.6. The van der Waals surface area contributed by atoms with Crippen molar-refractivity contribution in [3.05, 3.63) is 35.9 Å². The molecule has 1 aromatic rings. The van der Waals surface area contributed by atoms with Gasteiger partial charge in [0.1, 0.15) is 0 Å². The van der Waals surface area contributed by atoms with E-state index in [4.69, 9.17) is 5.11 Å². The molecule has 2 rings (SSSR count). The first-order valence-corrected chi connectivity index (χ1v) is 6.87. The van der Waals surface area contributed by atoms with Gasteiger partial charge in [-0.05, 0) is 25.0 Å². The Morgan fingerprint density at radius 2 is 1.76 bits per heavy atom. The molecule has 6 heteroatoms. The predicted molar refractivity (Wildman–Crippen MR) is 75.7 cm³/mol. The molecule has 0 bridgehead atoms. The zero-order chi connectivity index (χ0) is 15.3. The number of nitrogens with one attached hydrogen (secondary N) is 2. The van der Waals surface area contributed by atoms with Gasteiger partial charge in [0.2, 0.25) is 5.91 Å². The predicted octanol–water partition coefficient (Wildman–Crippen LogP) is 0.787. The van der Waals surface area contributed by atoms with E-state index in [2.05, 4.69) is 10.6 Å².